The summed E-state index contributed by atoms with van der Waals surface area (Å²) in [4.78, 5) is 23.4. The SMILES string of the molecule is COC(=O)c1ccc(C=C2C=C(c3ccc(Cl)cc3)OC2=O)cc1. The number of cyclic esters (lactones) is 1. The second-order valence-electron chi connectivity index (χ2n) is 5.12. The molecule has 0 fully saturated rings. The van der Waals surface area contributed by atoms with Gasteiger partial charge in [0.1, 0.15) is 5.76 Å². The van der Waals surface area contributed by atoms with E-state index in [-0.39, 0.29) is 0 Å². The number of halogens is 1. The largest absolute Gasteiger partial charge is 0.465 e. The second-order valence-corrected chi connectivity index (χ2v) is 5.55. The van der Waals surface area contributed by atoms with Crippen LogP contribution in [0.4, 0.5) is 0 Å². The van der Waals surface area contributed by atoms with Gasteiger partial charge in [-0.3, -0.25) is 0 Å². The summed E-state index contributed by atoms with van der Waals surface area (Å²) in [7, 11) is 1.33. The van der Waals surface area contributed by atoms with E-state index in [0.29, 0.717) is 21.9 Å². The van der Waals surface area contributed by atoms with Crippen LogP contribution in [-0.4, -0.2) is 19.0 Å². The zero-order valence-corrected chi connectivity index (χ0v) is 13.5. The van der Waals surface area contributed by atoms with Crippen molar-refractivity contribution in [2.75, 3.05) is 7.11 Å². The summed E-state index contributed by atoms with van der Waals surface area (Å²) in [5.41, 5.74) is 2.44. The molecule has 1 heterocycles. The Morgan fingerprint density at radius 1 is 1.08 bits per heavy atom. The summed E-state index contributed by atoms with van der Waals surface area (Å²) >= 11 is 5.86. The number of hydrogen-bond acceptors (Lipinski definition) is 4. The van der Waals surface area contributed by atoms with Gasteiger partial charge in [-0.2, -0.15) is 0 Å². The molecule has 0 bridgehead atoms. The summed E-state index contributed by atoms with van der Waals surface area (Å²) in [6.07, 6.45) is 3.38. The van der Waals surface area contributed by atoms with Crippen LogP contribution in [0.25, 0.3) is 11.8 Å². The van der Waals surface area contributed by atoms with Gasteiger partial charge in [0.15, 0.2) is 0 Å². The molecule has 1 aliphatic rings. The second kappa shape index (κ2) is 6.72. The molecule has 0 radical (unpaired) electrons. The van der Waals surface area contributed by atoms with Crippen molar-refractivity contribution in [1.82, 2.24) is 0 Å². The molecule has 3 rings (SSSR count). The van der Waals surface area contributed by atoms with E-state index in [1.165, 1.54) is 7.11 Å². The topological polar surface area (TPSA) is 52.6 Å². The smallest absolute Gasteiger partial charge is 0.343 e. The monoisotopic (exact) mass is 340 g/mol. The fourth-order valence-corrected chi connectivity index (χ4v) is 2.38. The molecule has 24 heavy (non-hydrogen) atoms. The van der Waals surface area contributed by atoms with Gasteiger partial charge in [0.2, 0.25) is 0 Å². The quantitative estimate of drug-likeness (QED) is 0.623. The van der Waals surface area contributed by atoms with E-state index in [4.69, 9.17) is 16.3 Å². The maximum atomic E-state index is 12.0. The summed E-state index contributed by atoms with van der Waals surface area (Å²) in [5.74, 6) is -0.342. The minimum absolute atomic E-state index is 0.403. The van der Waals surface area contributed by atoms with Gasteiger partial charge in [-0.25, -0.2) is 9.59 Å². The highest BCUT2D eigenvalue weighted by atomic mass is 35.5. The Hall–Kier alpha value is -2.85. The van der Waals surface area contributed by atoms with Gasteiger partial charge in [0, 0.05) is 10.6 Å². The Balaban J connectivity index is 1.85. The maximum Gasteiger partial charge on any atom is 0.343 e. The van der Waals surface area contributed by atoms with Crippen molar-refractivity contribution in [1.29, 1.82) is 0 Å². The lowest BCUT2D eigenvalue weighted by atomic mass is 10.1. The van der Waals surface area contributed by atoms with E-state index in [2.05, 4.69) is 4.74 Å². The van der Waals surface area contributed by atoms with Gasteiger partial charge in [-0.05, 0) is 54.1 Å². The first-order valence-corrected chi connectivity index (χ1v) is 7.54. The third-order valence-electron chi connectivity index (χ3n) is 3.51. The van der Waals surface area contributed by atoms with Crippen LogP contribution in [0.5, 0.6) is 0 Å². The summed E-state index contributed by atoms with van der Waals surface area (Å²) in [5, 5.41) is 0.616. The predicted molar refractivity (Wildman–Crippen MR) is 91.3 cm³/mol. The number of benzene rings is 2. The molecule has 0 saturated heterocycles. The predicted octanol–water partition coefficient (Wildman–Crippen LogP) is 4.11. The molecule has 5 heteroatoms. The standard InChI is InChI=1S/C19H13ClO4/c1-23-18(21)14-4-2-12(3-5-14)10-15-11-17(24-19(15)22)13-6-8-16(20)9-7-13/h2-11H,1H3. The summed E-state index contributed by atoms with van der Waals surface area (Å²) in [6, 6.07) is 13.8. The Morgan fingerprint density at radius 2 is 1.75 bits per heavy atom. The van der Waals surface area contributed by atoms with Crippen LogP contribution < -0.4 is 0 Å². The Labute approximate surface area is 144 Å². The number of rotatable bonds is 3. The van der Waals surface area contributed by atoms with Crippen molar-refractivity contribution in [2.24, 2.45) is 0 Å². The zero-order valence-electron chi connectivity index (χ0n) is 12.8. The van der Waals surface area contributed by atoms with Crippen LogP contribution in [0, 0.1) is 0 Å². The summed E-state index contributed by atoms with van der Waals surface area (Å²) in [6.45, 7) is 0. The molecule has 0 spiro atoms. The zero-order chi connectivity index (χ0) is 17.1. The van der Waals surface area contributed by atoms with Crippen molar-refractivity contribution in [3.05, 3.63) is 81.9 Å². The molecule has 2 aromatic carbocycles. The van der Waals surface area contributed by atoms with Gasteiger partial charge < -0.3 is 9.47 Å². The fraction of sp³-hybridized carbons (Fsp3) is 0.0526. The number of methoxy groups -OCH3 is 1. The Kier molecular flexibility index (Phi) is 4.49. The molecule has 0 N–H and O–H groups in total. The molecular weight excluding hydrogens is 328 g/mol. The minimum atomic E-state index is -0.419. The van der Waals surface area contributed by atoms with E-state index in [0.717, 1.165) is 11.1 Å². The molecule has 2 aromatic rings. The number of carbonyl (C=O) groups is 2. The molecule has 120 valence electrons. The molecule has 0 aromatic heterocycles. The summed E-state index contributed by atoms with van der Waals surface area (Å²) < 4.78 is 9.94. The van der Waals surface area contributed by atoms with Gasteiger partial charge in [0.25, 0.3) is 0 Å². The minimum Gasteiger partial charge on any atom is -0.465 e. The van der Waals surface area contributed by atoms with E-state index >= 15 is 0 Å². The Bertz CT molecular complexity index is 846. The van der Waals surface area contributed by atoms with E-state index in [1.54, 1.807) is 60.7 Å². The molecule has 4 nitrogen and oxygen atoms in total. The normalized spacial score (nSPS) is 15.2. The molecule has 0 saturated carbocycles. The van der Waals surface area contributed by atoms with Crippen LogP contribution in [0.3, 0.4) is 0 Å². The van der Waals surface area contributed by atoms with E-state index in [9.17, 15) is 9.59 Å². The average molecular weight is 341 g/mol. The van der Waals surface area contributed by atoms with Crippen molar-refractivity contribution in [2.45, 2.75) is 0 Å². The molecule has 0 aliphatic carbocycles. The van der Waals surface area contributed by atoms with Gasteiger partial charge >= 0.3 is 11.9 Å². The van der Waals surface area contributed by atoms with Gasteiger partial charge in [-0.15, -0.1) is 0 Å². The lowest BCUT2D eigenvalue weighted by Gasteiger charge is -2.01. The third kappa shape index (κ3) is 3.39. The first kappa shape index (κ1) is 16.0. The van der Waals surface area contributed by atoms with E-state index < -0.39 is 11.9 Å². The fourth-order valence-electron chi connectivity index (χ4n) is 2.26. The van der Waals surface area contributed by atoms with Crippen LogP contribution in [-0.2, 0) is 14.3 Å². The highest BCUT2D eigenvalue weighted by Gasteiger charge is 2.21. The van der Waals surface area contributed by atoms with Crippen LogP contribution >= 0.6 is 11.6 Å². The molecule has 1 aliphatic heterocycles. The molecule has 0 amide bonds. The molecule has 0 unspecified atom stereocenters. The van der Waals surface area contributed by atoms with Crippen LogP contribution in [0.15, 0.2) is 60.2 Å². The number of ether oxygens (including phenoxy) is 2. The highest BCUT2D eigenvalue weighted by molar-refractivity contribution is 6.30. The van der Waals surface area contributed by atoms with E-state index in [1.807, 2.05) is 0 Å². The maximum absolute atomic E-state index is 12.0. The van der Waals surface area contributed by atoms with Crippen LogP contribution in [0.1, 0.15) is 21.5 Å². The molecular formula is C19H13ClO4. The lowest BCUT2D eigenvalue weighted by molar-refractivity contribution is -0.130. The Morgan fingerprint density at radius 3 is 2.38 bits per heavy atom. The van der Waals surface area contributed by atoms with Gasteiger partial charge in [-0.1, -0.05) is 23.7 Å². The third-order valence-corrected chi connectivity index (χ3v) is 3.76. The average Bonchev–Trinajstić information content (AvgIpc) is 2.96. The number of carbonyl (C=O) groups excluding carboxylic acids is 2. The van der Waals surface area contributed by atoms with Gasteiger partial charge in [0.05, 0.1) is 18.2 Å². The van der Waals surface area contributed by atoms with Crippen molar-refractivity contribution in [3.8, 4) is 0 Å². The number of hydrogen-bond donors (Lipinski definition) is 0. The van der Waals surface area contributed by atoms with Crippen LogP contribution in [0.2, 0.25) is 5.02 Å². The highest BCUT2D eigenvalue weighted by Crippen LogP contribution is 2.28. The first-order chi connectivity index (χ1) is 11.6. The first-order valence-electron chi connectivity index (χ1n) is 7.17. The lowest BCUT2D eigenvalue weighted by Crippen LogP contribution is -2.00. The molecule has 0 atom stereocenters. The van der Waals surface area contributed by atoms with Crippen molar-refractivity contribution in [3.63, 3.8) is 0 Å². The number of esters is 2. The van der Waals surface area contributed by atoms with Crippen molar-refractivity contribution < 1.29 is 19.1 Å². The van der Waals surface area contributed by atoms with Crippen molar-refractivity contribution >= 4 is 35.4 Å².